The lowest BCUT2D eigenvalue weighted by Crippen LogP contribution is -2.10. The molecule has 0 fully saturated rings. The molecule has 0 aliphatic carbocycles. The molecule has 56 valence electrons. The standard InChI is InChI=1S/C8H9N3/c9-6-2-1-5-4-11-8(10)7(5)3-6/h1-3H,4,9H2,(H2,10,11). The summed E-state index contributed by atoms with van der Waals surface area (Å²) in [4.78, 5) is 4.08. The molecular weight excluding hydrogens is 138 g/mol. The minimum Gasteiger partial charge on any atom is -0.399 e. The van der Waals surface area contributed by atoms with E-state index >= 15 is 0 Å². The molecule has 2 rings (SSSR count). The van der Waals surface area contributed by atoms with Gasteiger partial charge in [0, 0.05) is 11.3 Å². The van der Waals surface area contributed by atoms with Crippen LogP contribution >= 0.6 is 0 Å². The normalized spacial score (nSPS) is 14.4. The van der Waals surface area contributed by atoms with Crippen molar-refractivity contribution in [2.45, 2.75) is 6.54 Å². The van der Waals surface area contributed by atoms with E-state index in [0.29, 0.717) is 12.4 Å². The summed E-state index contributed by atoms with van der Waals surface area (Å²) in [5.41, 5.74) is 14.1. The Labute approximate surface area is 64.7 Å². The Hall–Kier alpha value is -1.51. The van der Waals surface area contributed by atoms with E-state index in [1.807, 2.05) is 18.2 Å². The number of rotatable bonds is 0. The highest BCUT2D eigenvalue weighted by Gasteiger charge is 2.11. The summed E-state index contributed by atoms with van der Waals surface area (Å²) in [6.45, 7) is 0.696. The lowest BCUT2D eigenvalue weighted by atomic mass is 10.1. The van der Waals surface area contributed by atoms with Gasteiger partial charge in [0.2, 0.25) is 0 Å². The van der Waals surface area contributed by atoms with Crippen LogP contribution in [0.2, 0.25) is 0 Å². The summed E-state index contributed by atoms with van der Waals surface area (Å²) < 4.78 is 0. The van der Waals surface area contributed by atoms with E-state index in [1.54, 1.807) is 0 Å². The first-order valence-electron chi connectivity index (χ1n) is 3.46. The number of nitrogens with zero attached hydrogens (tertiary/aromatic N) is 1. The van der Waals surface area contributed by atoms with Crippen molar-refractivity contribution in [2.24, 2.45) is 10.7 Å². The number of hydrogen-bond acceptors (Lipinski definition) is 3. The minimum absolute atomic E-state index is 0.604. The van der Waals surface area contributed by atoms with Crippen molar-refractivity contribution < 1.29 is 0 Å². The second-order valence-electron chi connectivity index (χ2n) is 2.62. The van der Waals surface area contributed by atoms with Crippen LogP contribution in [0.3, 0.4) is 0 Å². The predicted octanol–water partition coefficient (Wildman–Crippen LogP) is 0.488. The Bertz CT molecular complexity index is 328. The summed E-state index contributed by atoms with van der Waals surface area (Å²) in [6, 6.07) is 5.70. The van der Waals surface area contributed by atoms with Crippen LogP contribution in [0.4, 0.5) is 5.69 Å². The predicted molar refractivity (Wildman–Crippen MR) is 45.3 cm³/mol. The molecular formula is C8H9N3. The first-order valence-corrected chi connectivity index (χ1v) is 3.46. The maximum atomic E-state index is 5.61. The van der Waals surface area contributed by atoms with Crippen LogP contribution in [0.15, 0.2) is 23.2 Å². The van der Waals surface area contributed by atoms with Crippen LogP contribution in [-0.2, 0) is 6.54 Å². The number of aliphatic imine (C=N–C) groups is 1. The fraction of sp³-hybridized carbons (Fsp3) is 0.125. The zero-order chi connectivity index (χ0) is 7.84. The van der Waals surface area contributed by atoms with Crippen molar-refractivity contribution in [3.63, 3.8) is 0 Å². The average Bonchev–Trinajstić information content (AvgIpc) is 2.33. The number of nitrogens with two attached hydrogens (primary N) is 2. The first kappa shape index (κ1) is 6.22. The van der Waals surface area contributed by atoms with Crippen LogP contribution in [-0.4, -0.2) is 5.84 Å². The molecule has 0 amide bonds. The van der Waals surface area contributed by atoms with Gasteiger partial charge < -0.3 is 11.5 Å². The quantitative estimate of drug-likeness (QED) is 0.524. The van der Waals surface area contributed by atoms with Crippen molar-refractivity contribution in [1.29, 1.82) is 0 Å². The van der Waals surface area contributed by atoms with Gasteiger partial charge in [-0.3, -0.25) is 4.99 Å². The van der Waals surface area contributed by atoms with Gasteiger partial charge in [0.1, 0.15) is 5.84 Å². The molecule has 0 spiro atoms. The van der Waals surface area contributed by atoms with Gasteiger partial charge in [-0.1, -0.05) is 6.07 Å². The van der Waals surface area contributed by atoms with Crippen LogP contribution < -0.4 is 11.5 Å². The van der Waals surface area contributed by atoms with E-state index < -0.39 is 0 Å². The number of anilines is 1. The van der Waals surface area contributed by atoms with E-state index in [-0.39, 0.29) is 0 Å². The van der Waals surface area contributed by atoms with Crippen LogP contribution in [0.1, 0.15) is 11.1 Å². The van der Waals surface area contributed by atoms with Gasteiger partial charge in [0.25, 0.3) is 0 Å². The van der Waals surface area contributed by atoms with E-state index in [2.05, 4.69) is 4.99 Å². The maximum Gasteiger partial charge on any atom is 0.126 e. The van der Waals surface area contributed by atoms with Crippen molar-refractivity contribution in [1.82, 2.24) is 0 Å². The maximum absolute atomic E-state index is 5.61. The highest BCUT2D eigenvalue weighted by Crippen LogP contribution is 2.18. The Morgan fingerprint density at radius 1 is 1.27 bits per heavy atom. The van der Waals surface area contributed by atoms with Gasteiger partial charge in [0.05, 0.1) is 6.54 Å². The molecule has 1 aliphatic heterocycles. The molecule has 0 saturated heterocycles. The Morgan fingerprint density at radius 2 is 2.09 bits per heavy atom. The molecule has 0 bridgehead atoms. The molecule has 1 heterocycles. The van der Waals surface area contributed by atoms with Gasteiger partial charge in [-0.25, -0.2) is 0 Å². The molecule has 1 aliphatic rings. The molecule has 0 aromatic heterocycles. The van der Waals surface area contributed by atoms with Gasteiger partial charge in [-0.15, -0.1) is 0 Å². The van der Waals surface area contributed by atoms with Gasteiger partial charge in [-0.2, -0.15) is 0 Å². The Morgan fingerprint density at radius 3 is 2.91 bits per heavy atom. The minimum atomic E-state index is 0.604. The molecule has 4 N–H and O–H groups in total. The second-order valence-corrected chi connectivity index (χ2v) is 2.62. The van der Waals surface area contributed by atoms with E-state index in [0.717, 1.165) is 16.8 Å². The van der Waals surface area contributed by atoms with Crippen LogP contribution in [0.25, 0.3) is 0 Å². The molecule has 0 unspecified atom stereocenters. The molecule has 3 nitrogen and oxygen atoms in total. The lowest BCUT2D eigenvalue weighted by Gasteiger charge is -1.99. The molecule has 1 aromatic rings. The van der Waals surface area contributed by atoms with Gasteiger partial charge in [0.15, 0.2) is 0 Å². The molecule has 3 heteroatoms. The van der Waals surface area contributed by atoms with Crippen molar-refractivity contribution >= 4 is 11.5 Å². The smallest absolute Gasteiger partial charge is 0.126 e. The molecule has 0 saturated carbocycles. The van der Waals surface area contributed by atoms with Gasteiger partial charge in [-0.05, 0) is 17.7 Å². The van der Waals surface area contributed by atoms with Crippen LogP contribution in [0, 0.1) is 0 Å². The molecule has 0 radical (unpaired) electrons. The second kappa shape index (κ2) is 1.99. The topological polar surface area (TPSA) is 64.4 Å². The molecule has 1 aromatic carbocycles. The third-order valence-corrected chi connectivity index (χ3v) is 1.83. The van der Waals surface area contributed by atoms with E-state index in [9.17, 15) is 0 Å². The first-order chi connectivity index (χ1) is 5.27. The van der Waals surface area contributed by atoms with Crippen molar-refractivity contribution in [3.8, 4) is 0 Å². The summed E-state index contributed by atoms with van der Waals surface area (Å²) in [7, 11) is 0. The summed E-state index contributed by atoms with van der Waals surface area (Å²) in [5.74, 6) is 0.604. The zero-order valence-corrected chi connectivity index (χ0v) is 6.04. The summed E-state index contributed by atoms with van der Waals surface area (Å²) in [5, 5.41) is 0. The highest BCUT2D eigenvalue weighted by atomic mass is 14.9. The van der Waals surface area contributed by atoms with Crippen molar-refractivity contribution in [3.05, 3.63) is 29.3 Å². The fourth-order valence-electron chi connectivity index (χ4n) is 1.23. The fourth-order valence-corrected chi connectivity index (χ4v) is 1.23. The molecule has 0 atom stereocenters. The Kier molecular flexibility index (Phi) is 1.12. The third-order valence-electron chi connectivity index (χ3n) is 1.83. The Balaban J connectivity index is 2.60. The summed E-state index contributed by atoms with van der Waals surface area (Å²) in [6.07, 6.45) is 0. The van der Waals surface area contributed by atoms with E-state index in [4.69, 9.17) is 11.5 Å². The number of amidine groups is 1. The molecule has 11 heavy (non-hydrogen) atoms. The monoisotopic (exact) mass is 147 g/mol. The van der Waals surface area contributed by atoms with Crippen LogP contribution in [0.5, 0.6) is 0 Å². The average molecular weight is 147 g/mol. The largest absolute Gasteiger partial charge is 0.399 e. The summed E-state index contributed by atoms with van der Waals surface area (Å²) >= 11 is 0. The highest BCUT2D eigenvalue weighted by molar-refractivity contribution is 6.01. The third kappa shape index (κ3) is 0.852. The lowest BCUT2D eigenvalue weighted by molar-refractivity contribution is 1.11. The van der Waals surface area contributed by atoms with Crippen molar-refractivity contribution in [2.75, 3.05) is 5.73 Å². The zero-order valence-electron chi connectivity index (χ0n) is 6.04. The van der Waals surface area contributed by atoms with E-state index in [1.165, 1.54) is 0 Å². The van der Waals surface area contributed by atoms with Gasteiger partial charge >= 0.3 is 0 Å². The SMILES string of the molecule is NC1=NCc2ccc(N)cc21. The number of nitrogen functional groups attached to an aromatic ring is 1. The number of benzene rings is 1. The number of fused-ring (bicyclic) bond motifs is 1. The number of hydrogen-bond donors (Lipinski definition) is 2.